The van der Waals surface area contributed by atoms with E-state index in [1.54, 1.807) is 6.08 Å². The van der Waals surface area contributed by atoms with E-state index in [0.29, 0.717) is 6.42 Å². The summed E-state index contributed by atoms with van der Waals surface area (Å²) >= 11 is 0. The number of amides is 1. The summed E-state index contributed by atoms with van der Waals surface area (Å²) in [6, 6.07) is -0.646. The molecular formula is C54H101NO3. The van der Waals surface area contributed by atoms with Crippen LogP contribution in [0.1, 0.15) is 271 Å². The monoisotopic (exact) mass is 812 g/mol. The van der Waals surface area contributed by atoms with Crippen LogP contribution in [0.3, 0.4) is 0 Å². The van der Waals surface area contributed by atoms with E-state index in [-0.39, 0.29) is 12.5 Å². The molecule has 58 heavy (non-hydrogen) atoms. The van der Waals surface area contributed by atoms with E-state index in [4.69, 9.17) is 0 Å². The van der Waals surface area contributed by atoms with Gasteiger partial charge in [-0.2, -0.15) is 0 Å². The standard InChI is InChI=1S/C54H101NO3/c1-3-5-7-9-11-13-15-17-19-21-23-24-25-26-27-28-29-30-31-32-34-36-38-40-42-44-46-48-50-54(58)55-52(51-56)53(57)49-47-45-43-41-39-37-35-33-22-20-18-16-14-12-10-8-6-4-2/h22,26-27,33,39,41,47,49,52-53,56-57H,3-21,23-25,28-32,34-38,40,42-46,48,50-51H2,1-2H3,(H,55,58)/b27-26-,33-22+,41-39+,49-47+. The topological polar surface area (TPSA) is 69.6 Å². The summed E-state index contributed by atoms with van der Waals surface area (Å²) < 4.78 is 0. The van der Waals surface area contributed by atoms with E-state index in [2.05, 4.69) is 55.6 Å². The fourth-order valence-corrected chi connectivity index (χ4v) is 7.79. The Morgan fingerprint density at radius 1 is 0.397 bits per heavy atom. The van der Waals surface area contributed by atoms with Crippen molar-refractivity contribution < 1.29 is 15.0 Å². The van der Waals surface area contributed by atoms with Crippen molar-refractivity contribution in [2.45, 2.75) is 283 Å². The van der Waals surface area contributed by atoms with Gasteiger partial charge in [0.15, 0.2) is 0 Å². The molecule has 4 nitrogen and oxygen atoms in total. The minimum atomic E-state index is -0.870. The second-order valence-electron chi connectivity index (χ2n) is 17.6. The maximum Gasteiger partial charge on any atom is 0.220 e. The van der Waals surface area contributed by atoms with Crippen molar-refractivity contribution in [2.75, 3.05) is 6.61 Å². The van der Waals surface area contributed by atoms with Crippen LogP contribution in [-0.4, -0.2) is 34.9 Å². The van der Waals surface area contributed by atoms with Gasteiger partial charge in [0, 0.05) is 6.42 Å². The summed E-state index contributed by atoms with van der Waals surface area (Å²) in [5.74, 6) is -0.0767. The molecule has 340 valence electrons. The Hall–Kier alpha value is -1.65. The lowest BCUT2D eigenvalue weighted by Gasteiger charge is -2.19. The molecule has 2 unspecified atom stereocenters. The van der Waals surface area contributed by atoms with Gasteiger partial charge in [-0.1, -0.05) is 242 Å². The molecule has 0 aliphatic carbocycles. The highest BCUT2D eigenvalue weighted by atomic mass is 16.3. The zero-order chi connectivity index (χ0) is 42.1. The van der Waals surface area contributed by atoms with Crippen LogP contribution >= 0.6 is 0 Å². The fraction of sp³-hybridized carbons (Fsp3) is 0.833. The molecule has 0 bridgehead atoms. The lowest BCUT2D eigenvalue weighted by Crippen LogP contribution is -2.45. The Balaban J connectivity index is 3.54. The molecule has 0 aromatic rings. The first kappa shape index (κ1) is 56.4. The first-order chi connectivity index (χ1) is 28.7. The van der Waals surface area contributed by atoms with Gasteiger partial charge in [-0.25, -0.2) is 0 Å². The first-order valence-corrected chi connectivity index (χ1v) is 25.9. The molecule has 2 atom stereocenters. The molecule has 4 heteroatoms. The largest absolute Gasteiger partial charge is 0.394 e. The van der Waals surface area contributed by atoms with E-state index < -0.39 is 12.1 Å². The van der Waals surface area contributed by atoms with Gasteiger partial charge in [-0.15, -0.1) is 0 Å². The minimum Gasteiger partial charge on any atom is -0.394 e. The SMILES string of the molecule is CCCCCCCCCC/C=C/CC/C=C/CC/C=C/C(O)C(CO)NC(=O)CCCCCCCCCCCCCC/C=C\CCCCCCCCCCCCCC. The molecule has 3 N–H and O–H groups in total. The summed E-state index contributed by atoms with van der Waals surface area (Å²) in [7, 11) is 0. The number of hydrogen-bond donors (Lipinski definition) is 3. The van der Waals surface area contributed by atoms with Crippen LogP contribution < -0.4 is 5.32 Å². The average molecular weight is 812 g/mol. The second-order valence-corrected chi connectivity index (χ2v) is 17.6. The zero-order valence-corrected chi connectivity index (χ0v) is 39.1. The molecule has 0 aromatic carbocycles. The maximum atomic E-state index is 12.4. The third-order valence-electron chi connectivity index (χ3n) is 11.8. The van der Waals surface area contributed by atoms with Gasteiger partial charge in [0.1, 0.15) is 0 Å². The Morgan fingerprint density at radius 2 is 0.672 bits per heavy atom. The van der Waals surface area contributed by atoms with Gasteiger partial charge in [-0.05, 0) is 70.6 Å². The summed E-state index contributed by atoms with van der Waals surface area (Å²) in [5.41, 5.74) is 0. The number of carbonyl (C=O) groups excluding carboxylic acids is 1. The fourth-order valence-electron chi connectivity index (χ4n) is 7.79. The van der Waals surface area contributed by atoms with Crippen LogP contribution in [0.2, 0.25) is 0 Å². The van der Waals surface area contributed by atoms with Gasteiger partial charge in [0.25, 0.3) is 0 Å². The van der Waals surface area contributed by atoms with E-state index >= 15 is 0 Å². The van der Waals surface area contributed by atoms with E-state index in [1.807, 2.05) is 6.08 Å². The maximum absolute atomic E-state index is 12.4. The number of carbonyl (C=O) groups is 1. The second kappa shape index (κ2) is 49.7. The minimum absolute atomic E-state index is 0.0767. The quantitative estimate of drug-likeness (QED) is 0.0423. The van der Waals surface area contributed by atoms with Crippen LogP contribution in [-0.2, 0) is 4.79 Å². The summed E-state index contributed by atoms with van der Waals surface area (Å²) in [4.78, 5) is 12.4. The van der Waals surface area contributed by atoms with Gasteiger partial charge < -0.3 is 15.5 Å². The van der Waals surface area contributed by atoms with Crippen LogP contribution in [0, 0.1) is 0 Å². The third-order valence-corrected chi connectivity index (χ3v) is 11.8. The van der Waals surface area contributed by atoms with E-state index in [9.17, 15) is 15.0 Å². The predicted octanol–water partition coefficient (Wildman–Crippen LogP) is 16.7. The average Bonchev–Trinajstić information content (AvgIpc) is 3.23. The first-order valence-electron chi connectivity index (χ1n) is 25.9. The van der Waals surface area contributed by atoms with Gasteiger partial charge >= 0.3 is 0 Å². The van der Waals surface area contributed by atoms with Crippen molar-refractivity contribution in [2.24, 2.45) is 0 Å². The molecule has 0 aliphatic heterocycles. The molecule has 0 rings (SSSR count). The molecule has 0 saturated carbocycles. The Kier molecular flexibility index (Phi) is 48.3. The number of aliphatic hydroxyl groups is 2. The molecule has 0 heterocycles. The van der Waals surface area contributed by atoms with Gasteiger partial charge in [0.05, 0.1) is 18.8 Å². The van der Waals surface area contributed by atoms with Gasteiger partial charge in [-0.3, -0.25) is 4.79 Å². The molecule has 0 aromatic heterocycles. The lowest BCUT2D eigenvalue weighted by atomic mass is 10.0. The number of unbranched alkanes of at least 4 members (excludes halogenated alkanes) is 34. The normalized spacial score (nSPS) is 13.2. The highest BCUT2D eigenvalue weighted by Gasteiger charge is 2.17. The van der Waals surface area contributed by atoms with Crippen molar-refractivity contribution in [3.8, 4) is 0 Å². The summed E-state index contributed by atoms with van der Waals surface area (Å²) in [6.45, 7) is 4.31. The van der Waals surface area contributed by atoms with Crippen molar-refractivity contribution in [1.82, 2.24) is 5.32 Å². The molecule has 0 spiro atoms. The van der Waals surface area contributed by atoms with Crippen LogP contribution in [0.15, 0.2) is 48.6 Å². The molecule has 0 radical (unpaired) electrons. The number of allylic oxidation sites excluding steroid dienone is 7. The van der Waals surface area contributed by atoms with Crippen molar-refractivity contribution >= 4 is 5.91 Å². The molecule has 0 saturated heterocycles. The molecular weight excluding hydrogens is 711 g/mol. The Bertz CT molecular complexity index is 923. The number of hydrogen-bond acceptors (Lipinski definition) is 3. The summed E-state index contributed by atoms with van der Waals surface area (Å²) in [5, 5.41) is 23.1. The third kappa shape index (κ3) is 45.4. The van der Waals surface area contributed by atoms with E-state index in [1.165, 1.54) is 212 Å². The number of aliphatic hydroxyl groups excluding tert-OH is 2. The lowest BCUT2D eigenvalue weighted by molar-refractivity contribution is -0.123. The highest BCUT2D eigenvalue weighted by Crippen LogP contribution is 2.15. The smallest absolute Gasteiger partial charge is 0.220 e. The Morgan fingerprint density at radius 3 is 1.00 bits per heavy atom. The van der Waals surface area contributed by atoms with Crippen molar-refractivity contribution in [3.63, 3.8) is 0 Å². The van der Waals surface area contributed by atoms with Crippen LogP contribution in [0.25, 0.3) is 0 Å². The van der Waals surface area contributed by atoms with Gasteiger partial charge in [0.2, 0.25) is 5.91 Å². The van der Waals surface area contributed by atoms with Crippen molar-refractivity contribution in [1.29, 1.82) is 0 Å². The van der Waals surface area contributed by atoms with Crippen LogP contribution in [0.5, 0.6) is 0 Å². The van der Waals surface area contributed by atoms with E-state index in [0.717, 1.165) is 38.5 Å². The highest BCUT2D eigenvalue weighted by molar-refractivity contribution is 5.76. The number of rotatable bonds is 47. The van der Waals surface area contributed by atoms with Crippen LogP contribution in [0.4, 0.5) is 0 Å². The molecule has 0 fully saturated rings. The zero-order valence-electron chi connectivity index (χ0n) is 39.1. The molecule has 0 aliphatic rings. The predicted molar refractivity (Wildman–Crippen MR) is 258 cm³/mol. The molecule has 1 amide bonds. The summed E-state index contributed by atoms with van der Waals surface area (Å²) in [6.07, 6.45) is 68.3. The Labute approximate surface area is 363 Å². The van der Waals surface area contributed by atoms with Crippen molar-refractivity contribution in [3.05, 3.63) is 48.6 Å². The number of nitrogens with one attached hydrogen (secondary N) is 1.